The number of halogens is 1. The van der Waals surface area contributed by atoms with Gasteiger partial charge in [0.2, 0.25) is 0 Å². The second kappa shape index (κ2) is 12.8. The van der Waals surface area contributed by atoms with E-state index in [9.17, 15) is 14.7 Å². The highest BCUT2D eigenvalue weighted by Gasteiger charge is 2.41. The van der Waals surface area contributed by atoms with Crippen molar-refractivity contribution in [1.82, 2.24) is 14.8 Å². The van der Waals surface area contributed by atoms with Crippen LogP contribution < -0.4 is 5.32 Å². The number of likely N-dealkylation sites (tertiary alicyclic amines) is 2. The van der Waals surface area contributed by atoms with Gasteiger partial charge in [-0.15, -0.1) is 0 Å². The number of hydrogen-bond acceptors (Lipinski definition) is 7. The average Bonchev–Trinajstić information content (AvgIpc) is 2.90. The second-order valence-electron chi connectivity index (χ2n) is 11.9. The molecule has 1 amide bonds. The number of piperidine rings is 2. The maximum absolute atomic E-state index is 12.4. The van der Waals surface area contributed by atoms with E-state index in [-0.39, 0.29) is 5.92 Å². The third-order valence-corrected chi connectivity index (χ3v) is 8.12. The van der Waals surface area contributed by atoms with Crippen LogP contribution in [-0.4, -0.2) is 75.7 Å². The highest BCUT2D eigenvalue weighted by Crippen LogP contribution is 2.33. The molecule has 2 N–H and O–H groups in total. The Morgan fingerprint density at radius 2 is 1.82 bits per heavy atom. The van der Waals surface area contributed by atoms with E-state index in [0.717, 1.165) is 75.8 Å². The second-order valence-corrected chi connectivity index (χ2v) is 12.3. The molecule has 0 bridgehead atoms. The Morgan fingerprint density at radius 3 is 2.44 bits per heavy atom. The van der Waals surface area contributed by atoms with Gasteiger partial charge in [0.1, 0.15) is 17.7 Å². The molecule has 9 heteroatoms. The minimum atomic E-state index is -0.576. The molecule has 212 valence electrons. The Balaban J connectivity index is 1.26. The van der Waals surface area contributed by atoms with E-state index in [2.05, 4.69) is 20.1 Å². The number of anilines is 1. The first-order chi connectivity index (χ1) is 18.5. The number of carbonyl (C=O) groups excluding carboxylic acids is 2. The van der Waals surface area contributed by atoms with E-state index < -0.39 is 23.3 Å². The number of aromatic nitrogens is 1. The quantitative estimate of drug-likeness (QED) is 0.445. The molecule has 0 radical (unpaired) electrons. The molecule has 0 spiro atoms. The van der Waals surface area contributed by atoms with E-state index in [4.69, 9.17) is 16.3 Å². The zero-order valence-corrected chi connectivity index (χ0v) is 24.0. The molecule has 1 unspecified atom stereocenters. The molecule has 0 aliphatic carbocycles. The Hall–Kier alpha value is -2.52. The van der Waals surface area contributed by atoms with Gasteiger partial charge in [0.25, 0.3) is 0 Å². The van der Waals surface area contributed by atoms with Gasteiger partial charge in [-0.2, -0.15) is 0 Å². The smallest absolute Gasteiger partial charge is 0.413 e. The standard InChI is InChI=1S/C30H41ClN4O4/c1-29(2,3)39-28(38)33-27-19-23(8-13-32-27)20-34-16-11-30(21-36,12-17-34)35-14-9-24(10-15-35)26(37)18-22-4-6-25(31)7-5-22/h4-8,13,19,21,24,26,37H,9-12,14-18,20H2,1-3H3,(H,32,33,38). The summed E-state index contributed by atoms with van der Waals surface area (Å²) in [6, 6.07) is 11.5. The predicted octanol–water partition coefficient (Wildman–Crippen LogP) is 4.93. The summed E-state index contributed by atoms with van der Waals surface area (Å²) >= 11 is 5.98. The number of aliphatic hydroxyl groups excluding tert-OH is 1. The first-order valence-corrected chi connectivity index (χ1v) is 14.2. The fraction of sp³-hybridized carbons (Fsp3) is 0.567. The van der Waals surface area contributed by atoms with Gasteiger partial charge in [0, 0.05) is 30.9 Å². The molecule has 0 saturated carbocycles. The molecule has 4 rings (SSSR count). The molecular weight excluding hydrogens is 516 g/mol. The lowest BCUT2D eigenvalue weighted by atomic mass is 9.82. The summed E-state index contributed by atoms with van der Waals surface area (Å²) in [4.78, 5) is 33.4. The molecule has 8 nitrogen and oxygen atoms in total. The first-order valence-electron chi connectivity index (χ1n) is 13.9. The van der Waals surface area contributed by atoms with Gasteiger partial charge >= 0.3 is 6.09 Å². The molecule has 2 aliphatic rings. The van der Waals surface area contributed by atoms with Crippen LogP contribution in [0, 0.1) is 5.92 Å². The van der Waals surface area contributed by atoms with Crippen LogP contribution >= 0.6 is 11.6 Å². The average molecular weight is 557 g/mol. The van der Waals surface area contributed by atoms with Crippen molar-refractivity contribution >= 4 is 29.8 Å². The van der Waals surface area contributed by atoms with Crippen LogP contribution in [-0.2, 0) is 22.5 Å². The Morgan fingerprint density at radius 1 is 1.15 bits per heavy atom. The van der Waals surface area contributed by atoms with Crippen LogP contribution in [0.5, 0.6) is 0 Å². The van der Waals surface area contributed by atoms with Gasteiger partial charge in [-0.3, -0.25) is 15.1 Å². The van der Waals surface area contributed by atoms with Crippen molar-refractivity contribution in [3.05, 3.63) is 58.7 Å². The minimum Gasteiger partial charge on any atom is -0.444 e. The molecule has 3 heterocycles. The number of rotatable bonds is 8. The largest absolute Gasteiger partial charge is 0.444 e. The van der Waals surface area contributed by atoms with Gasteiger partial charge in [-0.25, -0.2) is 9.78 Å². The molecule has 39 heavy (non-hydrogen) atoms. The van der Waals surface area contributed by atoms with Gasteiger partial charge in [-0.1, -0.05) is 23.7 Å². The zero-order chi connectivity index (χ0) is 28.0. The summed E-state index contributed by atoms with van der Waals surface area (Å²) in [5.41, 5.74) is 1.12. The lowest BCUT2D eigenvalue weighted by Gasteiger charge is -2.48. The lowest BCUT2D eigenvalue weighted by molar-refractivity contribution is -0.124. The monoisotopic (exact) mass is 556 g/mol. The van der Waals surface area contributed by atoms with Crippen molar-refractivity contribution in [3.63, 3.8) is 0 Å². The highest BCUT2D eigenvalue weighted by molar-refractivity contribution is 6.30. The van der Waals surface area contributed by atoms with Gasteiger partial charge in [-0.05, 0) is 107 Å². The highest BCUT2D eigenvalue weighted by atomic mass is 35.5. The number of pyridine rings is 1. The van der Waals surface area contributed by atoms with Crippen molar-refractivity contribution in [2.24, 2.45) is 5.92 Å². The topological polar surface area (TPSA) is 95.0 Å². The number of amides is 1. The molecule has 2 fully saturated rings. The number of nitrogens with one attached hydrogen (secondary N) is 1. The van der Waals surface area contributed by atoms with E-state index in [0.29, 0.717) is 17.3 Å². The van der Waals surface area contributed by atoms with Crippen LogP contribution in [0.15, 0.2) is 42.6 Å². The summed E-state index contributed by atoms with van der Waals surface area (Å²) in [5, 5.41) is 14.2. The first kappa shape index (κ1) is 29.5. The number of hydrogen-bond donors (Lipinski definition) is 2. The minimum absolute atomic E-state index is 0.232. The number of aldehydes is 1. The maximum Gasteiger partial charge on any atom is 0.413 e. The summed E-state index contributed by atoms with van der Waals surface area (Å²) in [5.74, 6) is 0.693. The molecule has 1 atom stereocenters. The van der Waals surface area contributed by atoms with Crippen molar-refractivity contribution in [2.75, 3.05) is 31.5 Å². The van der Waals surface area contributed by atoms with E-state index in [1.807, 2.05) is 57.2 Å². The summed E-state index contributed by atoms with van der Waals surface area (Å²) < 4.78 is 5.32. The molecule has 2 saturated heterocycles. The third kappa shape index (κ3) is 8.24. The summed E-state index contributed by atoms with van der Waals surface area (Å²) in [6.07, 6.45) is 5.89. The molecular formula is C30H41ClN4O4. The van der Waals surface area contributed by atoms with Crippen molar-refractivity contribution in [2.45, 2.75) is 76.7 Å². The van der Waals surface area contributed by atoms with Crippen LogP contribution in [0.1, 0.15) is 57.6 Å². The fourth-order valence-corrected chi connectivity index (χ4v) is 5.80. The molecule has 2 aliphatic heterocycles. The van der Waals surface area contributed by atoms with Crippen LogP contribution in [0.3, 0.4) is 0 Å². The number of aliphatic hydroxyl groups is 1. The summed E-state index contributed by atoms with van der Waals surface area (Å²) in [6.45, 7) is 9.46. The number of nitrogens with zero attached hydrogens (tertiary/aromatic N) is 3. The maximum atomic E-state index is 12.4. The van der Waals surface area contributed by atoms with Crippen LogP contribution in [0.25, 0.3) is 0 Å². The zero-order valence-electron chi connectivity index (χ0n) is 23.2. The number of carbonyl (C=O) groups is 2. The fourth-order valence-electron chi connectivity index (χ4n) is 5.67. The van der Waals surface area contributed by atoms with Gasteiger partial charge in [0.15, 0.2) is 0 Å². The van der Waals surface area contributed by atoms with Crippen LogP contribution in [0.2, 0.25) is 5.02 Å². The predicted molar refractivity (Wildman–Crippen MR) is 153 cm³/mol. The molecule has 1 aromatic carbocycles. The Bertz CT molecular complexity index is 1100. The van der Waals surface area contributed by atoms with E-state index in [1.165, 1.54) is 0 Å². The van der Waals surface area contributed by atoms with E-state index in [1.54, 1.807) is 6.20 Å². The third-order valence-electron chi connectivity index (χ3n) is 7.87. The van der Waals surface area contributed by atoms with Crippen molar-refractivity contribution < 1.29 is 19.4 Å². The van der Waals surface area contributed by atoms with Crippen molar-refractivity contribution in [1.29, 1.82) is 0 Å². The number of ether oxygens (including phenoxy) is 1. The lowest BCUT2D eigenvalue weighted by Crippen LogP contribution is -2.58. The SMILES string of the molecule is CC(C)(C)OC(=O)Nc1cc(CN2CCC(C=O)(N3CCC(C(O)Cc4ccc(Cl)cc4)CC3)CC2)ccn1. The van der Waals surface area contributed by atoms with Crippen LogP contribution in [0.4, 0.5) is 10.6 Å². The normalized spacial score (nSPS) is 19.8. The molecule has 1 aromatic heterocycles. The van der Waals surface area contributed by atoms with Crippen molar-refractivity contribution in [3.8, 4) is 0 Å². The van der Waals surface area contributed by atoms with E-state index >= 15 is 0 Å². The Labute approximate surface area is 236 Å². The Kier molecular flexibility index (Phi) is 9.64. The van der Waals surface area contributed by atoms with Gasteiger partial charge in [0.05, 0.1) is 11.6 Å². The molecule has 2 aromatic rings. The summed E-state index contributed by atoms with van der Waals surface area (Å²) in [7, 11) is 0. The number of benzene rings is 1. The van der Waals surface area contributed by atoms with Gasteiger partial charge < -0.3 is 14.6 Å².